The topological polar surface area (TPSA) is 76.7 Å². The summed E-state index contributed by atoms with van der Waals surface area (Å²) in [4.78, 5) is 24.4. The van der Waals surface area contributed by atoms with Gasteiger partial charge in [-0.1, -0.05) is 36.4 Å². The molecule has 2 saturated carbocycles. The lowest BCUT2D eigenvalue weighted by atomic mass is 9.69. The fraction of sp³-hybridized carbons (Fsp3) is 0.391. The molecule has 2 amide bonds. The number of amides is 2. The van der Waals surface area contributed by atoms with Crippen LogP contribution in [0.25, 0.3) is 0 Å². The summed E-state index contributed by atoms with van der Waals surface area (Å²) in [5.74, 6) is 0.652. The first-order valence-electron chi connectivity index (χ1n) is 10.2. The lowest BCUT2D eigenvalue weighted by Crippen LogP contribution is -2.43. The summed E-state index contributed by atoms with van der Waals surface area (Å²) in [5, 5.41) is 5.56. The maximum absolute atomic E-state index is 12.2. The molecule has 0 spiro atoms. The Hall–Kier alpha value is -3.02. The molecule has 2 aromatic carbocycles. The first-order chi connectivity index (χ1) is 14.2. The van der Waals surface area contributed by atoms with Crippen molar-refractivity contribution in [2.45, 2.75) is 44.3 Å². The van der Waals surface area contributed by atoms with E-state index >= 15 is 0 Å². The van der Waals surface area contributed by atoms with Gasteiger partial charge in [-0.3, -0.25) is 10.6 Å². The number of anilines is 2. The van der Waals surface area contributed by atoms with Crippen molar-refractivity contribution in [1.82, 2.24) is 0 Å². The Morgan fingerprint density at radius 2 is 1.07 bits per heavy atom. The van der Waals surface area contributed by atoms with Crippen LogP contribution in [0.2, 0.25) is 0 Å². The van der Waals surface area contributed by atoms with E-state index in [0.29, 0.717) is 11.8 Å². The second-order valence-electron chi connectivity index (χ2n) is 7.78. The number of nitrogens with one attached hydrogen (secondary N) is 2. The summed E-state index contributed by atoms with van der Waals surface area (Å²) in [6.07, 6.45) is 3.36. The molecule has 4 atom stereocenters. The summed E-state index contributed by atoms with van der Waals surface area (Å²) >= 11 is 0. The zero-order chi connectivity index (χ0) is 20.1. The molecule has 0 unspecified atom stereocenters. The molecule has 152 valence electrons. The largest absolute Gasteiger partial charge is 0.446 e. The van der Waals surface area contributed by atoms with Crippen LogP contribution in [0.1, 0.15) is 32.1 Å². The van der Waals surface area contributed by atoms with E-state index in [1.807, 2.05) is 60.7 Å². The molecule has 6 nitrogen and oxygen atoms in total. The second kappa shape index (κ2) is 8.99. The maximum atomic E-state index is 12.2. The number of para-hydroxylation sites is 2. The number of carbonyl (C=O) groups is 2. The van der Waals surface area contributed by atoms with E-state index in [2.05, 4.69) is 10.6 Å². The molecular formula is C23H26N2O4. The summed E-state index contributed by atoms with van der Waals surface area (Å²) in [6.45, 7) is 0. The number of rotatable bonds is 4. The monoisotopic (exact) mass is 394 g/mol. The van der Waals surface area contributed by atoms with E-state index in [1.165, 1.54) is 0 Å². The highest BCUT2D eigenvalue weighted by Crippen LogP contribution is 2.42. The van der Waals surface area contributed by atoms with Gasteiger partial charge in [0, 0.05) is 11.4 Å². The Labute approximate surface area is 170 Å². The lowest BCUT2D eigenvalue weighted by molar-refractivity contribution is -0.0444. The number of hydrogen-bond donors (Lipinski definition) is 2. The van der Waals surface area contributed by atoms with Gasteiger partial charge in [0.15, 0.2) is 0 Å². The number of carbonyl (C=O) groups excluding carboxylic acids is 2. The van der Waals surface area contributed by atoms with Crippen LogP contribution in [0, 0.1) is 11.8 Å². The van der Waals surface area contributed by atoms with Gasteiger partial charge in [0.25, 0.3) is 0 Å². The highest BCUT2D eigenvalue weighted by atomic mass is 16.6. The van der Waals surface area contributed by atoms with Crippen LogP contribution in [0.4, 0.5) is 21.0 Å². The molecule has 0 aromatic heterocycles. The smallest absolute Gasteiger partial charge is 0.411 e. The molecule has 0 heterocycles. The van der Waals surface area contributed by atoms with Crippen molar-refractivity contribution in [1.29, 1.82) is 0 Å². The fourth-order valence-electron chi connectivity index (χ4n) is 4.45. The van der Waals surface area contributed by atoms with Gasteiger partial charge in [0.05, 0.1) is 0 Å². The van der Waals surface area contributed by atoms with Crippen molar-refractivity contribution in [2.75, 3.05) is 10.6 Å². The van der Waals surface area contributed by atoms with Crippen LogP contribution in [0.3, 0.4) is 0 Å². The molecule has 0 saturated heterocycles. The highest BCUT2D eigenvalue weighted by molar-refractivity contribution is 5.85. The molecule has 2 bridgehead atoms. The van der Waals surface area contributed by atoms with E-state index in [1.54, 1.807) is 0 Å². The minimum Gasteiger partial charge on any atom is -0.446 e. The predicted octanol–water partition coefficient (Wildman–Crippen LogP) is 5.43. The molecule has 2 N–H and O–H groups in total. The molecule has 0 radical (unpaired) electrons. The average Bonchev–Trinajstić information content (AvgIpc) is 2.73. The molecule has 0 aliphatic heterocycles. The van der Waals surface area contributed by atoms with Gasteiger partial charge < -0.3 is 9.47 Å². The van der Waals surface area contributed by atoms with E-state index < -0.39 is 12.2 Å². The number of fused-ring (bicyclic) bond motifs is 2. The Bertz CT molecular complexity index is 758. The third kappa shape index (κ3) is 5.08. The predicted molar refractivity (Wildman–Crippen MR) is 111 cm³/mol. The van der Waals surface area contributed by atoms with Crippen LogP contribution in [0.5, 0.6) is 0 Å². The van der Waals surface area contributed by atoms with Gasteiger partial charge in [-0.25, -0.2) is 9.59 Å². The summed E-state index contributed by atoms with van der Waals surface area (Å²) in [7, 11) is 0. The number of ether oxygens (including phenoxy) is 2. The molecule has 29 heavy (non-hydrogen) atoms. The lowest BCUT2D eigenvalue weighted by Gasteiger charge is -2.43. The van der Waals surface area contributed by atoms with Crippen molar-refractivity contribution in [3.05, 3.63) is 60.7 Å². The molecule has 2 aromatic rings. The van der Waals surface area contributed by atoms with E-state index in [9.17, 15) is 9.59 Å². The van der Waals surface area contributed by atoms with Crippen LogP contribution >= 0.6 is 0 Å². The van der Waals surface area contributed by atoms with Crippen LogP contribution < -0.4 is 10.6 Å². The third-order valence-electron chi connectivity index (χ3n) is 5.86. The minimum atomic E-state index is -0.403. The van der Waals surface area contributed by atoms with Crippen molar-refractivity contribution < 1.29 is 19.1 Å². The molecule has 2 aliphatic carbocycles. The van der Waals surface area contributed by atoms with Gasteiger partial charge >= 0.3 is 12.2 Å². The third-order valence-corrected chi connectivity index (χ3v) is 5.86. The van der Waals surface area contributed by atoms with Gasteiger partial charge in [-0.05, 0) is 68.2 Å². The van der Waals surface area contributed by atoms with Crippen molar-refractivity contribution >= 4 is 23.6 Å². The van der Waals surface area contributed by atoms with E-state index in [4.69, 9.17) is 9.47 Å². The van der Waals surface area contributed by atoms with Crippen molar-refractivity contribution in [2.24, 2.45) is 11.8 Å². The zero-order valence-electron chi connectivity index (χ0n) is 16.3. The molecule has 4 rings (SSSR count). The minimum absolute atomic E-state index is 0.0749. The quantitative estimate of drug-likeness (QED) is 0.725. The van der Waals surface area contributed by atoms with Gasteiger partial charge in [-0.15, -0.1) is 0 Å². The zero-order valence-corrected chi connectivity index (χ0v) is 16.3. The number of hydrogen-bond acceptors (Lipinski definition) is 4. The SMILES string of the molecule is O=C(Nc1ccccc1)O[C@H]1CC[C@H]2C[C@@H]1CC[C@@H]2OC(=O)Nc1ccccc1. The number of benzene rings is 2. The summed E-state index contributed by atoms with van der Waals surface area (Å²) < 4.78 is 11.4. The standard InChI is InChI=1S/C23H26N2O4/c26-22(24-18-7-3-1-4-8-18)28-20-13-11-17-15-16(20)12-14-21(17)29-23(27)25-19-9-5-2-6-10-19/h1-10,16-17,20-21H,11-15H2,(H,24,26)(H,25,27)/t16-,17-,20-,21-/m0/s1. The Balaban J connectivity index is 1.25. The summed E-state index contributed by atoms with van der Waals surface area (Å²) in [5.41, 5.74) is 1.46. The Kier molecular flexibility index (Phi) is 5.98. The molecule has 2 fully saturated rings. The van der Waals surface area contributed by atoms with Crippen LogP contribution in [-0.2, 0) is 9.47 Å². The second-order valence-corrected chi connectivity index (χ2v) is 7.78. The van der Waals surface area contributed by atoms with Gasteiger partial charge in [-0.2, -0.15) is 0 Å². The van der Waals surface area contributed by atoms with Crippen molar-refractivity contribution in [3.8, 4) is 0 Å². The van der Waals surface area contributed by atoms with Crippen LogP contribution in [-0.4, -0.2) is 24.4 Å². The van der Waals surface area contributed by atoms with Gasteiger partial charge in [0.1, 0.15) is 12.2 Å². The molecular weight excluding hydrogens is 368 g/mol. The van der Waals surface area contributed by atoms with E-state index in [-0.39, 0.29) is 12.2 Å². The summed E-state index contributed by atoms with van der Waals surface area (Å²) in [6, 6.07) is 18.6. The average molecular weight is 394 g/mol. The maximum Gasteiger partial charge on any atom is 0.411 e. The first-order valence-corrected chi connectivity index (χ1v) is 10.2. The molecule has 2 aliphatic rings. The Morgan fingerprint density at radius 1 is 0.655 bits per heavy atom. The van der Waals surface area contributed by atoms with Crippen LogP contribution in [0.15, 0.2) is 60.7 Å². The normalized spacial score (nSPS) is 25.5. The van der Waals surface area contributed by atoms with E-state index in [0.717, 1.165) is 43.5 Å². The Morgan fingerprint density at radius 3 is 1.48 bits per heavy atom. The fourth-order valence-corrected chi connectivity index (χ4v) is 4.45. The highest BCUT2D eigenvalue weighted by Gasteiger charge is 2.41. The molecule has 6 heteroatoms. The van der Waals surface area contributed by atoms with Crippen molar-refractivity contribution in [3.63, 3.8) is 0 Å². The first kappa shape index (κ1) is 19.3. The van der Waals surface area contributed by atoms with Gasteiger partial charge in [0.2, 0.25) is 0 Å².